The largest absolute Gasteiger partial charge is 0.480 e. The summed E-state index contributed by atoms with van der Waals surface area (Å²) in [7, 11) is 0. The first kappa shape index (κ1) is 17.4. The SMILES string of the molecule is O=C(O)Cn1ccc(C2CCCN(C(=O)c3ccc(Cl)c(F)c3)C2)n1. The maximum Gasteiger partial charge on any atom is 0.325 e. The molecular formula is C17H17ClFN3O3. The van der Waals surface area contributed by atoms with Crippen molar-refractivity contribution in [3.63, 3.8) is 0 Å². The Hall–Kier alpha value is -2.41. The number of halogens is 2. The van der Waals surface area contributed by atoms with Crippen molar-refractivity contribution >= 4 is 23.5 Å². The number of carbonyl (C=O) groups excluding carboxylic acids is 1. The normalized spacial score (nSPS) is 17.5. The minimum Gasteiger partial charge on any atom is -0.480 e. The highest BCUT2D eigenvalue weighted by Gasteiger charge is 2.27. The van der Waals surface area contributed by atoms with Crippen LogP contribution in [0.1, 0.15) is 34.8 Å². The molecule has 1 fully saturated rings. The van der Waals surface area contributed by atoms with Crippen LogP contribution in [-0.4, -0.2) is 44.8 Å². The van der Waals surface area contributed by atoms with E-state index in [0.29, 0.717) is 13.1 Å². The molecule has 6 nitrogen and oxygen atoms in total. The van der Waals surface area contributed by atoms with E-state index in [2.05, 4.69) is 5.10 Å². The molecule has 0 bridgehead atoms. The van der Waals surface area contributed by atoms with Gasteiger partial charge in [-0.15, -0.1) is 0 Å². The van der Waals surface area contributed by atoms with E-state index >= 15 is 0 Å². The van der Waals surface area contributed by atoms with E-state index in [1.165, 1.54) is 16.8 Å². The van der Waals surface area contributed by atoms with Crippen LogP contribution >= 0.6 is 11.6 Å². The fraction of sp³-hybridized carbons (Fsp3) is 0.353. The molecule has 25 heavy (non-hydrogen) atoms. The number of hydrogen-bond acceptors (Lipinski definition) is 3. The zero-order valence-electron chi connectivity index (χ0n) is 13.4. The van der Waals surface area contributed by atoms with Crippen LogP contribution in [0.3, 0.4) is 0 Å². The summed E-state index contributed by atoms with van der Waals surface area (Å²) in [4.78, 5) is 25.0. The Balaban J connectivity index is 1.72. The van der Waals surface area contributed by atoms with Crippen molar-refractivity contribution in [3.05, 3.63) is 52.6 Å². The van der Waals surface area contributed by atoms with E-state index < -0.39 is 11.8 Å². The molecule has 132 valence electrons. The van der Waals surface area contributed by atoms with Gasteiger partial charge in [-0.05, 0) is 37.1 Å². The van der Waals surface area contributed by atoms with Gasteiger partial charge in [0, 0.05) is 30.8 Å². The minimum atomic E-state index is -0.958. The number of carboxylic acid groups (broad SMARTS) is 1. The lowest BCUT2D eigenvalue weighted by Crippen LogP contribution is -2.39. The van der Waals surface area contributed by atoms with Crippen LogP contribution in [-0.2, 0) is 11.3 Å². The number of benzene rings is 1. The van der Waals surface area contributed by atoms with E-state index in [1.807, 2.05) is 0 Å². The second-order valence-corrected chi connectivity index (χ2v) is 6.46. The van der Waals surface area contributed by atoms with Crippen LogP contribution in [0, 0.1) is 5.82 Å². The fourth-order valence-electron chi connectivity index (χ4n) is 3.04. The summed E-state index contributed by atoms with van der Waals surface area (Å²) in [5.41, 5.74) is 1.03. The number of aromatic nitrogens is 2. The summed E-state index contributed by atoms with van der Waals surface area (Å²) in [6.07, 6.45) is 3.29. The van der Waals surface area contributed by atoms with E-state index in [9.17, 15) is 14.0 Å². The zero-order valence-corrected chi connectivity index (χ0v) is 14.1. The summed E-state index contributed by atoms with van der Waals surface area (Å²) < 4.78 is 15.0. The Labute approximate surface area is 148 Å². The average molecular weight is 366 g/mol. The van der Waals surface area contributed by atoms with Crippen molar-refractivity contribution in [1.29, 1.82) is 0 Å². The van der Waals surface area contributed by atoms with Gasteiger partial charge in [0.15, 0.2) is 0 Å². The highest BCUT2D eigenvalue weighted by atomic mass is 35.5. The van der Waals surface area contributed by atoms with Crippen molar-refractivity contribution in [3.8, 4) is 0 Å². The first-order valence-corrected chi connectivity index (χ1v) is 8.31. The number of hydrogen-bond donors (Lipinski definition) is 1. The number of rotatable bonds is 4. The third-order valence-electron chi connectivity index (χ3n) is 4.25. The van der Waals surface area contributed by atoms with Gasteiger partial charge < -0.3 is 10.0 Å². The topological polar surface area (TPSA) is 75.4 Å². The molecule has 1 amide bonds. The van der Waals surface area contributed by atoms with E-state index in [-0.39, 0.29) is 29.0 Å². The maximum absolute atomic E-state index is 13.6. The van der Waals surface area contributed by atoms with Gasteiger partial charge in [-0.3, -0.25) is 14.3 Å². The summed E-state index contributed by atoms with van der Waals surface area (Å²) >= 11 is 5.66. The highest BCUT2D eigenvalue weighted by molar-refractivity contribution is 6.30. The molecule has 0 saturated carbocycles. The molecule has 1 aromatic carbocycles. The number of carboxylic acids is 1. The number of nitrogens with zero attached hydrogens (tertiary/aromatic N) is 3. The molecular weight excluding hydrogens is 349 g/mol. The van der Waals surface area contributed by atoms with E-state index in [4.69, 9.17) is 16.7 Å². The lowest BCUT2D eigenvalue weighted by atomic mass is 9.94. The smallest absolute Gasteiger partial charge is 0.325 e. The Morgan fingerprint density at radius 3 is 2.88 bits per heavy atom. The van der Waals surface area contributed by atoms with Crippen LogP contribution in [0.5, 0.6) is 0 Å². The Morgan fingerprint density at radius 2 is 2.16 bits per heavy atom. The van der Waals surface area contributed by atoms with Crippen molar-refractivity contribution in [1.82, 2.24) is 14.7 Å². The molecule has 1 saturated heterocycles. The van der Waals surface area contributed by atoms with Gasteiger partial charge in [-0.2, -0.15) is 5.10 Å². The second kappa shape index (κ2) is 7.23. The van der Waals surface area contributed by atoms with E-state index in [1.54, 1.807) is 17.2 Å². The number of piperidine rings is 1. The maximum atomic E-state index is 13.6. The molecule has 0 radical (unpaired) electrons. The van der Waals surface area contributed by atoms with Gasteiger partial charge in [0.05, 0.1) is 10.7 Å². The molecule has 1 N–H and O–H groups in total. The highest BCUT2D eigenvalue weighted by Crippen LogP contribution is 2.27. The Kier molecular flexibility index (Phi) is 5.03. The van der Waals surface area contributed by atoms with E-state index in [0.717, 1.165) is 24.6 Å². The zero-order chi connectivity index (χ0) is 18.0. The molecule has 1 aromatic heterocycles. The second-order valence-electron chi connectivity index (χ2n) is 6.05. The van der Waals surface area contributed by atoms with Crippen LogP contribution in [0.25, 0.3) is 0 Å². The van der Waals surface area contributed by atoms with Crippen molar-refractivity contribution in [2.24, 2.45) is 0 Å². The minimum absolute atomic E-state index is 0.0166. The van der Waals surface area contributed by atoms with Gasteiger partial charge >= 0.3 is 5.97 Å². The number of likely N-dealkylation sites (tertiary alicyclic amines) is 1. The first-order chi connectivity index (χ1) is 11.9. The third-order valence-corrected chi connectivity index (χ3v) is 4.56. The molecule has 1 unspecified atom stereocenters. The molecule has 3 rings (SSSR count). The predicted molar refractivity (Wildman–Crippen MR) is 89.2 cm³/mol. The monoisotopic (exact) mass is 365 g/mol. The molecule has 1 aliphatic rings. The average Bonchev–Trinajstić information content (AvgIpc) is 3.04. The van der Waals surface area contributed by atoms with Crippen LogP contribution < -0.4 is 0 Å². The molecule has 8 heteroatoms. The summed E-state index contributed by atoms with van der Waals surface area (Å²) in [5, 5.41) is 13.1. The Morgan fingerprint density at radius 1 is 1.36 bits per heavy atom. The first-order valence-electron chi connectivity index (χ1n) is 7.93. The summed E-state index contributed by atoms with van der Waals surface area (Å²) in [5.74, 6) is -1.79. The van der Waals surface area contributed by atoms with Crippen LogP contribution in [0.2, 0.25) is 5.02 Å². The summed E-state index contributed by atoms with van der Waals surface area (Å²) in [6.45, 7) is 0.863. The standard InChI is InChI=1S/C17H17ClFN3O3/c18-13-4-3-11(8-14(13)19)17(25)21-6-1-2-12(9-21)15-5-7-22(20-15)10-16(23)24/h3-5,7-8,12H,1-2,6,9-10H2,(H,23,24). The molecule has 2 heterocycles. The van der Waals surface area contributed by atoms with Crippen molar-refractivity contribution in [2.45, 2.75) is 25.3 Å². The molecule has 0 spiro atoms. The predicted octanol–water partition coefficient (Wildman–Crippen LogP) is 2.78. The van der Waals surface area contributed by atoms with Gasteiger partial charge in [-0.1, -0.05) is 11.6 Å². The number of carbonyl (C=O) groups is 2. The van der Waals surface area contributed by atoms with Crippen LogP contribution in [0.4, 0.5) is 4.39 Å². The van der Waals surface area contributed by atoms with Crippen molar-refractivity contribution in [2.75, 3.05) is 13.1 Å². The molecule has 1 aliphatic heterocycles. The Bertz CT molecular complexity index is 808. The van der Waals surface area contributed by atoms with Crippen molar-refractivity contribution < 1.29 is 19.1 Å². The lowest BCUT2D eigenvalue weighted by molar-refractivity contribution is -0.137. The molecule has 1 atom stereocenters. The third kappa shape index (κ3) is 3.99. The van der Waals surface area contributed by atoms with Gasteiger partial charge in [0.2, 0.25) is 0 Å². The fourth-order valence-corrected chi connectivity index (χ4v) is 3.15. The van der Waals surface area contributed by atoms with Crippen LogP contribution in [0.15, 0.2) is 30.5 Å². The number of aliphatic carboxylic acids is 1. The van der Waals surface area contributed by atoms with Gasteiger partial charge in [0.25, 0.3) is 5.91 Å². The quantitative estimate of drug-likeness (QED) is 0.904. The molecule has 2 aromatic rings. The number of amides is 1. The van der Waals surface area contributed by atoms with Gasteiger partial charge in [0.1, 0.15) is 12.4 Å². The summed E-state index contributed by atoms with van der Waals surface area (Å²) in [6, 6.07) is 5.82. The lowest BCUT2D eigenvalue weighted by Gasteiger charge is -2.32. The molecule has 0 aliphatic carbocycles. The van der Waals surface area contributed by atoms with Gasteiger partial charge in [-0.25, -0.2) is 4.39 Å².